The molecule has 1 aromatic heterocycles. The molecule has 0 bridgehead atoms. The Balaban J connectivity index is 1.68. The standard InChI is InChI=1S/C24H28F2O2/c1-2-3-4-6-18-8-10-19(11-9-18)12-13-20-17-24(25,26)23(27)16-21(20)15-22-7-5-14-28-22/h5,7-14,20-21H,2-4,6,15-17H2,1H3/b13-12+/t20-,21+/m1/s1. The Kier molecular flexibility index (Phi) is 6.82. The predicted octanol–water partition coefficient (Wildman–Crippen LogP) is 6.50. The minimum Gasteiger partial charge on any atom is -0.469 e. The first-order valence-electron chi connectivity index (χ1n) is 10.2. The van der Waals surface area contributed by atoms with E-state index in [1.54, 1.807) is 12.3 Å². The minimum absolute atomic E-state index is 0.112. The number of rotatable bonds is 8. The zero-order chi connectivity index (χ0) is 20.0. The Morgan fingerprint density at radius 3 is 2.64 bits per heavy atom. The lowest BCUT2D eigenvalue weighted by Crippen LogP contribution is -2.41. The number of ketones is 1. The van der Waals surface area contributed by atoms with Crippen molar-refractivity contribution < 1.29 is 18.0 Å². The molecule has 0 N–H and O–H groups in total. The molecule has 28 heavy (non-hydrogen) atoms. The smallest absolute Gasteiger partial charge is 0.305 e. The molecule has 150 valence electrons. The number of hydrogen-bond donors (Lipinski definition) is 0. The number of halogens is 2. The van der Waals surface area contributed by atoms with Gasteiger partial charge in [0.15, 0.2) is 0 Å². The molecule has 1 aliphatic rings. The number of Topliss-reactive ketones (excluding diaryl/α,β-unsaturated/α-hetero) is 1. The van der Waals surface area contributed by atoms with Crippen LogP contribution in [0, 0.1) is 11.8 Å². The van der Waals surface area contributed by atoms with Crippen LogP contribution in [0.1, 0.15) is 55.9 Å². The van der Waals surface area contributed by atoms with E-state index in [1.807, 2.05) is 30.4 Å². The molecule has 0 aliphatic heterocycles. The fourth-order valence-corrected chi connectivity index (χ4v) is 3.86. The Hall–Kier alpha value is -2.23. The van der Waals surface area contributed by atoms with Crippen LogP contribution in [0.3, 0.4) is 0 Å². The summed E-state index contributed by atoms with van der Waals surface area (Å²) in [7, 11) is 0. The van der Waals surface area contributed by atoms with E-state index in [0.717, 1.165) is 17.7 Å². The normalized spacial score (nSPS) is 22.0. The first kappa shape index (κ1) is 20.5. The van der Waals surface area contributed by atoms with Crippen molar-refractivity contribution >= 4 is 11.9 Å². The molecule has 1 heterocycles. The number of unbranched alkanes of at least 4 members (excludes halogenated alkanes) is 2. The summed E-state index contributed by atoms with van der Waals surface area (Å²) < 4.78 is 33.4. The molecule has 0 radical (unpaired) electrons. The highest BCUT2D eigenvalue weighted by atomic mass is 19.3. The largest absolute Gasteiger partial charge is 0.469 e. The zero-order valence-electron chi connectivity index (χ0n) is 16.4. The molecule has 1 fully saturated rings. The third kappa shape index (κ3) is 5.40. The minimum atomic E-state index is -3.24. The molecule has 4 heteroatoms. The number of carbonyl (C=O) groups is 1. The molecular formula is C24H28F2O2. The number of aryl methyl sites for hydroxylation is 1. The molecule has 3 rings (SSSR count). The Morgan fingerprint density at radius 1 is 1.18 bits per heavy atom. The van der Waals surface area contributed by atoms with Crippen LogP contribution in [-0.4, -0.2) is 11.7 Å². The summed E-state index contributed by atoms with van der Waals surface area (Å²) in [4.78, 5) is 11.8. The number of allylic oxidation sites excluding steroid dienone is 1. The van der Waals surface area contributed by atoms with Crippen LogP contribution in [0.25, 0.3) is 6.08 Å². The van der Waals surface area contributed by atoms with Crippen molar-refractivity contribution in [3.05, 3.63) is 65.6 Å². The molecule has 0 saturated heterocycles. The summed E-state index contributed by atoms with van der Waals surface area (Å²) in [6, 6.07) is 11.9. The second-order valence-corrected chi connectivity index (χ2v) is 7.80. The number of furan rings is 1. The SMILES string of the molecule is CCCCCc1ccc(/C=C/[C@@H]2CC(F)(F)C(=O)C[C@@H]2Cc2ccco2)cc1. The van der Waals surface area contributed by atoms with Gasteiger partial charge in [-0.15, -0.1) is 0 Å². The maximum atomic E-state index is 14.0. The molecule has 2 aromatic rings. The zero-order valence-corrected chi connectivity index (χ0v) is 16.4. The number of carbonyl (C=O) groups excluding carboxylic acids is 1. The third-order valence-corrected chi connectivity index (χ3v) is 5.58. The van der Waals surface area contributed by atoms with Gasteiger partial charge >= 0.3 is 5.92 Å². The van der Waals surface area contributed by atoms with Crippen LogP contribution < -0.4 is 0 Å². The van der Waals surface area contributed by atoms with Gasteiger partial charge in [0.1, 0.15) is 5.76 Å². The first-order valence-corrected chi connectivity index (χ1v) is 10.2. The molecular weight excluding hydrogens is 358 g/mol. The van der Waals surface area contributed by atoms with E-state index in [1.165, 1.54) is 24.8 Å². The number of benzene rings is 1. The lowest BCUT2D eigenvalue weighted by Gasteiger charge is -2.33. The van der Waals surface area contributed by atoms with Crippen LogP contribution in [0.5, 0.6) is 0 Å². The van der Waals surface area contributed by atoms with Crippen molar-refractivity contribution in [1.29, 1.82) is 0 Å². The highest BCUT2D eigenvalue weighted by molar-refractivity contribution is 5.86. The Labute approximate surface area is 165 Å². The fourth-order valence-electron chi connectivity index (χ4n) is 3.86. The number of alkyl halides is 2. The topological polar surface area (TPSA) is 30.2 Å². The van der Waals surface area contributed by atoms with Gasteiger partial charge in [0.2, 0.25) is 5.78 Å². The summed E-state index contributed by atoms with van der Waals surface area (Å²) in [6.45, 7) is 2.19. The van der Waals surface area contributed by atoms with E-state index in [-0.39, 0.29) is 18.3 Å². The van der Waals surface area contributed by atoms with Gasteiger partial charge in [0.25, 0.3) is 0 Å². The maximum Gasteiger partial charge on any atom is 0.305 e. The van der Waals surface area contributed by atoms with E-state index in [4.69, 9.17) is 4.42 Å². The second kappa shape index (κ2) is 9.31. The van der Waals surface area contributed by atoms with Crippen molar-refractivity contribution in [2.45, 2.75) is 57.8 Å². The van der Waals surface area contributed by atoms with Gasteiger partial charge < -0.3 is 4.42 Å². The van der Waals surface area contributed by atoms with E-state index in [0.29, 0.717) is 6.42 Å². The van der Waals surface area contributed by atoms with E-state index in [2.05, 4.69) is 19.1 Å². The Bertz CT molecular complexity index is 775. The lowest BCUT2D eigenvalue weighted by atomic mass is 9.74. The third-order valence-electron chi connectivity index (χ3n) is 5.58. The van der Waals surface area contributed by atoms with E-state index < -0.39 is 18.1 Å². The van der Waals surface area contributed by atoms with Gasteiger partial charge in [-0.1, -0.05) is 56.2 Å². The molecule has 2 nitrogen and oxygen atoms in total. The van der Waals surface area contributed by atoms with Gasteiger partial charge in [0, 0.05) is 19.3 Å². The summed E-state index contributed by atoms with van der Waals surface area (Å²) in [5, 5.41) is 0. The summed E-state index contributed by atoms with van der Waals surface area (Å²) in [6.07, 6.45) is 9.97. The van der Waals surface area contributed by atoms with Gasteiger partial charge in [-0.2, -0.15) is 8.78 Å². The molecule has 0 unspecified atom stereocenters. The van der Waals surface area contributed by atoms with Crippen LogP contribution in [0.2, 0.25) is 0 Å². The van der Waals surface area contributed by atoms with Crippen LogP contribution in [-0.2, 0) is 17.6 Å². The van der Waals surface area contributed by atoms with Crippen molar-refractivity contribution in [3.63, 3.8) is 0 Å². The molecule has 1 aliphatic carbocycles. The van der Waals surface area contributed by atoms with Crippen LogP contribution in [0.4, 0.5) is 8.78 Å². The van der Waals surface area contributed by atoms with E-state index >= 15 is 0 Å². The summed E-state index contributed by atoms with van der Waals surface area (Å²) in [5.41, 5.74) is 2.30. The first-order chi connectivity index (χ1) is 13.5. The predicted molar refractivity (Wildman–Crippen MR) is 107 cm³/mol. The maximum absolute atomic E-state index is 14.0. The fraction of sp³-hybridized carbons (Fsp3) is 0.458. The molecule has 2 atom stereocenters. The van der Waals surface area contributed by atoms with Crippen molar-refractivity contribution in [1.82, 2.24) is 0 Å². The number of hydrogen-bond acceptors (Lipinski definition) is 2. The molecule has 1 saturated carbocycles. The highest BCUT2D eigenvalue weighted by Gasteiger charge is 2.47. The lowest BCUT2D eigenvalue weighted by molar-refractivity contribution is -0.152. The van der Waals surface area contributed by atoms with Gasteiger partial charge in [-0.25, -0.2) is 0 Å². The molecule has 0 amide bonds. The van der Waals surface area contributed by atoms with Gasteiger partial charge in [-0.3, -0.25) is 4.79 Å². The summed E-state index contributed by atoms with van der Waals surface area (Å²) >= 11 is 0. The average molecular weight is 386 g/mol. The monoisotopic (exact) mass is 386 g/mol. The van der Waals surface area contributed by atoms with Crippen LogP contribution in [0.15, 0.2) is 53.2 Å². The summed E-state index contributed by atoms with van der Waals surface area (Å²) in [5.74, 6) is -3.98. The molecule has 1 aromatic carbocycles. The van der Waals surface area contributed by atoms with Gasteiger partial charge in [-0.05, 0) is 47.9 Å². The van der Waals surface area contributed by atoms with E-state index in [9.17, 15) is 13.6 Å². The van der Waals surface area contributed by atoms with Crippen molar-refractivity contribution in [2.24, 2.45) is 11.8 Å². The second-order valence-electron chi connectivity index (χ2n) is 7.80. The van der Waals surface area contributed by atoms with Crippen LogP contribution >= 0.6 is 0 Å². The van der Waals surface area contributed by atoms with Crippen molar-refractivity contribution in [2.75, 3.05) is 0 Å². The quantitative estimate of drug-likeness (QED) is 0.485. The van der Waals surface area contributed by atoms with Crippen molar-refractivity contribution in [3.8, 4) is 0 Å². The average Bonchev–Trinajstić information content (AvgIpc) is 3.18. The highest BCUT2D eigenvalue weighted by Crippen LogP contribution is 2.40. The molecule has 0 spiro atoms. The Morgan fingerprint density at radius 2 is 1.96 bits per heavy atom. The van der Waals surface area contributed by atoms with Gasteiger partial charge in [0.05, 0.1) is 6.26 Å².